The molecule has 0 spiro atoms. The summed E-state index contributed by atoms with van der Waals surface area (Å²) in [5.41, 5.74) is 20.9. The molecule has 0 heterocycles. The maximum Gasteiger partial charge on any atom is 0.0499 e. The Labute approximate surface area is 151 Å². The predicted molar refractivity (Wildman–Crippen MR) is 102 cm³/mol. The first kappa shape index (κ1) is 15.5. The summed E-state index contributed by atoms with van der Waals surface area (Å²) in [6, 6.07) is 16.0. The summed E-state index contributed by atoms with van der Waals surface area (Å²) in [5.74, 6) is 0. The van der Waals surface area contributed by atoms with Gasteiger partial charge in [0.2, 0.25) is 0 Å². The van der Waals surface area contributed by atoms with E-state index in [9.17, 15) is 0 Å². The van der Waals surface area contributed by atoms with E-state index in [1.54, 1.807) is 6.07 Å². The van der Waals surface area contributed by atoms with Crippen molar-refractivity contribution in [2.45, 2.75) is 13.0 Å². The number of fused-ring (bicyclic) bond motifs is 3. The number of nitrogen functional groups attached to an aromatic ring is 1. The second-order valence-corrected chi connectivity index (χ2v) is 6.85. The number of rotatable bonds is 2. The Hall–Kier alpha value is -2.00. The normalized spacial score (nSPS) is 12.1. The van der Waals surface area contributed by atoms with Gasteiger partial charge in [0.1, 0.15) is 0 Å². The summed E-state index contributed by atoms with van der Waals surface area (Å²) in [7, 11) is 0. The molecule has 0 fully saturated rings. The van der Waals surface area contributed by atoms with Gasteiger partial charge in [-0.15, -0.1) is 0 Å². The second-order valence-electron chi connectivity index (χ2n) is 6.01. The average Bonchev–Trinajstić information content (AvgIpc) is 2.92. The van der Waals surface area contributed by atoms with Crippen LogP contribution in [0.25, 0.3) is 22.3 Å². The van der Waals surface area contributed by atoms with E-state index in [2.05, 4.69) is 24.3 Å². The molecule has 0 saturated carbocycles. The molecule has 4 heteroatoms. The van der Waals surface area contributed by atoms with Crippen molar-refractivity contribution < 1.29 is 0 Å². The van der Waals surface area contributed by atoms with Gasteiger partial charge in [0, 0.05) is 27.8 Å². The number of hydrogen-bond acceptors (Lipinski definition) is 2. The minimum Gasteiger partial charge on any atom is -0.398 e. The van der Waals surface area contributed by atoms with Crippen LogP contribution < -0.4 is 11.5 Å². The predicted octanol–water partition coefficient (Wildman–Crippen LogP) is 5.27. The monoisotopic (exact) mass is 354 g/mol. The third-order valence-corrected chi connectivity index (χ3v) is 5.20. The average molecular weight is 355 g/mol. The highest BCUT2D eigenvalue weighted by Crippen LogP contribution is 2.46. The first-order valence-corrected chi connectivity index (χ1v) is 8.53. The van der Waals surface area contributed by atoms with Gasteiger partial charge in [-0.3, -0.25) is 0 Å². The fraction of sp³-hybridized carbons (Fsp3) is 0.100. The molecule has 0 amide bonds. The van der Waals surface area contributed by atoms with Gasteiger partial charge in [-0.05, 0) is 58.0 Å². The number of anilines is 1. The van der Waals surface area contributed by atoms with Crippen LogP contribution >= 0.6 is 23.2 Å². The molecule has 2 nitrogen and oxygen atoms in total. The molecule has 120 valence electrons. The molecule has 0 aromatic heterocycles. The molecule has 4 rings (SSSR count). The van der Waals surface area contributed by atoms with E-state index >= 15 is 0 Å². The Balaban J connectivity index is 2.05. The molecular weight excluding hydrogens is 339 g/mol. The topological polar surface area (TPSA) is 52.0 Å². The fourth-order valence-electron chi connectivity index (χ4n) is 3.58. The summed E-state index contributed by atoms with van der Waals surface area (Å²) in [6.07, 6.45) is 0.854. The SMILES string of the molecule is NCc1c(N)cc2c(c1-c1ccc(Cl)cc1Cl)Cc1ccccc1-2. The molecule has 0 saturated heterocycles. The zero-order chi connectivity index (χ0) is 16.8. The van der Waals surface area contributed by atoms with Crippen LogP contribution in [0.15, 0.2) is 48.5 Å². The number of nitrogens with two attached hydrogens (primary N) is 2. The van der Waals surface area contributed by atoms with Crippen molar-refractivity contribution in [2.24, 2.45) is 5.73 Å². The first-order valence-electron chi connectivity index (χ1n) is 7.78. The van der Waals surface area contributed by atoms with Crippen molar-refractivity contribution in [3.05, 3.63) is 75.3 Å². The Morgan fingerprint density at radius 3 is 2.46 bits per heavy atom. The lowest BCUT2D eigenvalue weighted by Gasteiger charge is -2.18. The lowest BCUT2D eigenvalue weighted by molar-refractivity contribution is 1.07. The van der Waals surface area contributed by atoms with Crippen molar-refractivity contribution in [3.63, 3.8) is 0 Å². The van der Waals surface area contributed by atoms with Crippen LogP contribution in [-0.2, 0) is 13.0 Å². The van der Waals surface area contributed by atoms with E-state index in [-0.39, 0.29) is 0 Å². The Kier molecular flexibility index (Phi) is 3.76. The zero-order valence-electron chi connectivity index (χ0n) is 12.9. The van der Waals surface area contributed by atoms with Crippen LogP contribution in [0.2, 0.25) is 10.0 Å². The van der Waals surface area contributed by atoms with E-state index in [0.717, 1.165) is 23.1 Å². The van der Waals surface area contributed by atoms with Gasteiger partial charge in [-0.2, -0.15) is 0 Å². The van der Waals surface area contributed by atoms with Crippen LogP contribution in [0.4, 0.5) is 5.69 Å². The fourth-order valence-corrected chi connectivity index (χ4v) is 4.08. The second kappa shape index (κ2) is 5.82. The quantitative estimate of drug-likeness (QED) is 0.481. The number of halogens is 2. The smallest absolute Gasteiger partial charge is 0.0499 e. The molecule has 1 aliphatic carbocycles. The molecule has 0 unspecified atom stereocenters. The van der Waals surface area contributed by atoms with Crippen LogP contribution in [-0.4, -0.2) is 0 Å². The van der Waals surface area contributed by atoms with Crippen molar-refractivity contribution in [1.29, 1.82) is 0 Å². The van der Waals surface area contributed by atoms with Crippen molar-refractivity contribution >= 4 is 28.9 Å². The third-order valence-electron chi connectivity index (χ3n) is 4.66. The zero-order valence-corrected chi connectivity index (χ0v) is 14.5. The van der Waals surface area contributed by atoms with E-state index in [1.807, 2.05) is 18.2 Å². The highest BCUT2D eigenvalue weighted by atomic mass is 35.5. The summed E-state index contributed by atoms with van der Waals surface area (Å²) in [5, 5.41) is 1.22. The van der Waals surface area contributed by atoms with Crippen LogP contribution in [0.1, 0.15) is 16.7 Å². The van der Waals surface area contributed by atoms with Gasteiger partial charge in [-0.25, -0.2) is 0 Å². The van der Waals surface area contributed by atoms with Gasteiger partial charge in [0.25, 0.3) is 0 Å². The van der Waals surface area contributed by atoms with Gasteiger partial charge < -0.3 is 11.5 Å². The molecule has 24 heavy (non-hydrogen) atoms. The number of benzene rings is 3. The highest BCUT2D eigenvalue weighted by molar-refractivity contribution is 6.36. The van der Waals surface area contributed by atoms with E-state index in [0.29, 0.717) is 22.3 Å². The van der Waals surface area contributed by atoms with Crippen molar-refractivity contribution in [1.82, 2.24) is 0 Å². The minimum atomic E-state index is 0.365. The van der Waals surface area contributed by atoms with Gasteiger partial charge >= 0.3 is 0 Å². The van der Waals surface area contributed by atoms with E-state index < -0.39 is 0 Å². The van der Waals surface area contributed by atoms with E-state index in [4.69, 9.17) is 34.7 Å². The lowest BCUT2D eigenvalue weighted by atomic mass is 9.89. The molecule has 0 aliphatic heterocycles. The van der Waals surface area contributed by atoms with Crippen LogP contribution in [0.3, 0.4) is 0 Å². The van der Waals surface area contributed by atoms with Crippen LogP contribution in [0, 0.1) is 0 Å². The maximum atomic E-state index is 6.49. The van der Waals surface area contributed by atoms with Gasteiger partial charge in [0.15, 0.2) is 0 Å². The van der Waals surface area contributed by atoms with Gasteiger partial charge in [0.05, 0.1) is 0 Å². The van der Waals surface area contributed by atoms with Crippen molar-refractivity contribution in [2.75, 3.05) is 5.73 Å². The molecule has 3 aromatic rings. The van der Waals surface area contributed by atoms with E-state index in [1.165, 1.54) is 22.3 Å². The lowest BCUT2D eigenvalue weighted by Crippen LogP contribution is -2.06. The molecular formula is C20H16Cl2N2. The minimum absolute atomic E-state index is 0.365. The van der Waals surface area contributed by atoms with Crippen molar-refractivity contribution in [3.8, 4) is 22.3 Å². The largest absolute Gasteiger partial charge is 0.398 e. The molecule has 3 aromatic carbocycles. The number of hydrogen-bond donors (Lipinski definition) is 2. The third kappa shape index (κ3) is 2.30. The van der Waals surface area contributed by atoms with Crippen LogP contribution in [0.5, 0.6) is 0 Å². The Bertz CT molecular complexity index is 964. The maximum absolute atomic E-state index is 6.49. The Morgan fingerprint density at radius 2 is 1.71 bits per heavy atom. The Morgan fingerprint density at radius 1 is 0.917 bits per heavy atom. The molecule has 1 aliphatic rings. The standard InChI is InChI=1S/C20H16Cl2N2/c21-12-5-6-14(18(22)8-12)20-16-7-11-3-1-2-4-13(11)15(16)9-19(24)17(20)10-23/h1-6,8-9H,7,10,23-24H2. The highest BCUT2D eigenvalue weighted by Gasteiger charge is 2.25. The summed E-state index contributed by atoms with van der Waals surface area (Å²) in [4.78, 5) is 0. The molecule has 4 N–H and O–H groups in total. The van der Waals surface area contributed by atoms with Gasteiger partial charge in [-0.1, -0.05) is 53.5 Å². The summed E-state index contributed by atoms with van der Waals surface area (Å²) < 4.78 is 0. The summed E-state index contributed by atoms with van der Waals surface area (Å²) in [6.45, 7) is 0.365. The molecule has 0 atom stereocenters. The summed E-state index contributed by atoms with van der Waals surface area (Å²) >= 11 is 12.6. The first-order chi connectivity index (χ1) is 11.6. The molecule has 0 radical (unpaired) electrons. The molecule has 0 bridgehead atoms.